The molecule has 4 rings (SSSR count). The number of benzene rings is 1. The minimum atomic E-state index is -0.513. The topological polar surface area (TPSA) is 53.7 Å². The van der Waals surface area contributed by atoms with Crippen LogP contribution in [0.3, 0.4) is 0 Å². The third kappa shape index (κ3) is 3.02. The Bertz CT molecular complexity index is 942. The number of carbonyl (C=O) groups excluding carboxylic acids is 1. The Hall–Kier alpha value is -3.03. The zero-order chi connectivity index (χ0) is 17.4. The smallest absolute Gasteiger partial charge is 0.242 e. The van der Waals surface area contributed by atoms with Gasteiger partial charge in [-0.3, -0.25) is 4.79 Å². The van der Waals surface area contributed by atoms with E-state index in [1.165, 1.54) is 4.90 Å². The van der Waals surface area contributed by atoms with E-state index in [1.807, 2.05) is 4.90 Å². The van der Waals surface area contributed by atoms with E-state index < -0.39 is 11.6 Å². The van der Waals surface area contributed by atoms with E-state index in [9.17, 15) is 13.6 Å². The molecule has 0 N–H and O–H groups in total. The summed E-state index contributed by atoms with van der Waals surface area (Å²) in [6.07, 6.45) is 3.44. The monoisotopic (exact) mass is 343 g/mol. The largest absolute Gasteiger partial charge is 0.345 e. The summed E-state index contributed by atoms with van der Waals surface area (Å²) in [7, 11) is 0. The van der Waals surface area contributed by atoms with Crippen LogP contribution in [0, 0.1) is 11.6 Å². The number of carbonyl (C=O) groups is 1. The summed E-state index contributed by atoms with van der Waals surface area (Å²) in [6.45, 7) is 1.19. The minimum Gasteiger partial charge on any atom is -0.345 e. The molecule has 1 aliphatic heterocycles. The molecular formula is C17H15F2N5O. The molecule has 2 aromatic heterocycles. The SMILES string of the molecule is O=C1CN(c2ccn3nccc3n2)CCN1Cc1cc(F)ccc1F. The van der Waals surface area contributed by atoms with Gasteiger partial charge in [0.1, 0.15) is 17.5 Å². The number of aromatic nitrogens is 3. The summed E-state index contributed by atoms with van der Waals surface area (Å²) in [5, 5.41) is 4.09. The highest BCUT2D eigenvalue weighted by Gasteiger charge is 2.25. The molecule has 128 valence electrons. The average Bonchev–Trinajstić information content (AvgIpc) is 3.07. The van der Waals surface area contributed by atoms with Crippen LogP contribution in [-0.2, 0) is 11.3 Å². The molecule has 0 spiro atoms. The summed E-state index contributed by atoms with van der Waals surface area (Å²) in [4.78, 5) is 20.3. The molecule has 1 amide bonds. The Morgan fingerprint density at radius 3 is 2.84 bits per heavy atom. The third-order valence-electron chi connectivity index (χ3n) is 4.25. The van der Waals surface area contributed by atoms with Gasteiger partial charge in [-0.05, 0) is 24.3 Å². The van der Waals surface area contributed by atoms with Crippen molar-refractivity contribution in [2.75, 3.05) is 24.5 Å². The average molecular weight is 343 g/mol. The Labute approximate surface area is 142 Å². The van der Waals surface area contributed by atoms with Crippen LogP contribution in [0.2, 0.25) is 0 Å². The zero-order valence-electron chi connectivity index (χ0n) is 13.3. The fourth-order valence-corrected chi connectivity index (χ4v) is 2.92. The first kappa shape index (κ1) is 15.5. The molecule has 0 unspecified atom stereocenters. The lowest BCUT2D eigenvalue weighted by atomic mass is 10.1. The van der Waals surface area contributed by atoms with Crippen molar-refractivity contribution >= 4 is 17.4 Å². The lowest BCUT2D eigenvalue weighted by Gasteiger charge is -2.35. The molecule has 0 aliphatic carbocycles. The number of hydrogen-bond acceptors (Lipinski definition) is 4. The standard InChI is InChI=1S/C17H15F2N5O/c18-13-1-2-14(19)12(9-13)10-23-8-7-22(11-17(23)25)15-4-6-24-16(21-15)3-5-20-24/h1-6,9H,7-8,10-11H2. The van der Waals surface area contributed by atoms with Gasteiger partial charge in [0.2, 0.25) is 5.91 Å². The van der Waals surface area contributed by atoms with E-state index in [4.69, 9.17) is 0 Å². The van der Waals surface area contributed by atoms with E-state index in [2.05, 4.69) is 10.1 Å². The molecule has 1 aliphatic rings. The van der Waals surface area contributed by atoms with Crippen LogP contribution in [0.25, 0.3) is 5.65 Å². The third-order valence-corrected chi connectivity index (χ3v) is 4.25. The van der Waals surface area contributed by atoms with Crippen LogP contribution in [0.4, 0.5) is 14.6 Å². The molecule has 0 atom stereocenters. The molecule has 6 nitrogen and oxygen atoms in total. The lowest BCUT2D eigenvalue weighted by Crippen LogP contribution is -2.50. The molecule has 8 heteroatoms. The van der Waals surface area contributed by atoms with E-state index in [0.29, 0.717) is 24.6 Å². The normalized spacial score (nSPS) is 15.2. The lowest BCUT2D eigenvalue weighted by molar-refractivity contribution is -0.131. The van der Waals surface area contributed by atoms with Crippen molar-refractivity contribution in [2.24, 2.45) is 0 Å². The maximum absolute atomic E-state index is 13.8. The van der Waals surface area contributed by atoms with Crippen LogP contribution >= 0.6 is 0 Å². The van der Waals surface area contributed by atoms with Gasteiger partial charge in [-0.2, -0.15) is 5.10 Å². The van der Waals surface area contributed by atoms with Crippen molar-refractivity contribution in [3.8, 4) is 0 Å². The molecule has 3 aromatic rings. The second-order valence-electron chi connectivity index (χ2n) is 5.89. The number of amides is 1. The molecular weight excluding hydrogens is 328 g/mol. The minimum absolute atomic E-state index is 0.0609. The van der Waals surface area contributed by atoms with E-state index in [1.54, 1.807) is 29.0 Å². The van der Waals surface area contributed by atoms with Crippen molar-refractivity contribution in [1.29, 1.82) is 0 Å². The van der Waals surface area contributed by atoms with Crippen molar-refractivity contribution in [3.05, 3.63) is 59.9 Å². The van der Waals surface area contributed by atoms with E-state index in [0.717, 1.165) is 18.2 Å². The molecule has 25 heavy (non-hydrogen) atoms. The fraction of sp³-hybridized carbons (Fsp3) is 0.235. The molecule has 3 heterocycles. The van der Waals surface area contributed by atoms with Crippen molar-refractivity contribution in [2.45, 2.75) is 6.54 Å². The highest BCUT2D eigenvalue weighted by Crippen LogP contribution is 2.18. The first-order valence-electron chi connectivity index (χ1n) is 7.87. The van der Waals surface area contributed by atoms with E-state index >= 15 is 0 Å². The molecule has 0 bridgehead atoms. The summed E-state index contributed by atoms with van der Waals surface area (Å²) < 4.78 is 28.7. The zero-order valence-corrected chi connectivity index (χ0v) is 13.3. The van der Waals surface area contributed by atoms with Crippen LogP contribution in [0.15, 0.2) is 42.7 Å². The number of rotatable bonds is 3. The van der Waals surface area contributed by atoms with Gasteiger partial charge in [0, 0.05) is 37.5 Å². The highest BCUT2D eigenvalue weighted by atomic mass is 19.1. The Kier molecular flexibility index (Phi) is 3.79. The Morgan fingerprint density at radius 1 is 1.12 bits per heavy atom. The van der Waals surface area contributed by atoms with Gasteiger partial charge in [0.25, 0.3) is 0 Å². The predicted molar refractivity (Wildman–Crippen MR) is 87.0 cm³/mol. The molecule has 0 radical (unpaired) electrons. The molecule has 1 aromatic carbocycles. The van der Waals surface area contributed by atoms with E-state index in [-0.39, 0.29) is 24.6 Å². The van der Waals surface area contributed by atoms with Crippen LogP contribution < -0.4 is 4.90 Å². The predicted octanol–water partition coefficient (Wildman–Crippen LogP) is 1.86. The van der Waals surface area contributed by atoms with Gasteiger partial charge in [0.15, 0.2) is 5.65 Å². The van der Waals surface area contributed by atoms with Crippen LogP contribution in [0.1, 0.15) is 5.56 Å². The van der Waals surface area contributed by atoms with Gasteiger partial charge in [0.05, 0.1) is 12.7 Å². The summed E-state index contributed by atoms with van der Waals surface area (Å²) >= 11 is 0. The Morgan fingerprint density at radius 2 is 2.00 bits per heavy atom. The van der Waals surface area contributed by atoms with Gasteiger partial charge >= 0.3 is 0 Å². The quantitative estimate of drug-likeness (QED) is 0.728. The summed E-state index contributed by atoms with van der Waals surface area (Å²) in [5.41, 5.74) is 0.884. The Balaban J connectivity index is 1.48. The summed E-state index contributed by atoms with van der Waals surface area (Å²) in [5.74, 6) is -0.478. The highest BCUT2D eigenvalue weighted by molar-refractivity contribution is 5.82. The molecule has 1 saturated heterocycles. The molecule has 1 fully saturated rings. The van der Waals surface area contributed by atoms with Crippen LogP contribution in [0.5, 0.6) is 0 Å². The van der Waals surface area contributed by atoms with Crippen molar-refractivity contribution < 1.29 is 13.6 Å². The van der Waals surface area contributed by atoms with Gasteiger partial charge in [-0.25, -0.2) is 18.3 Å². The first-order valence-corrected chi connectivity index (χ1v) is 7.87. The molecule has 0 saturated carbocycles. The number of anilines is 1. The van der Waals surface area contributed by atoms with Crippen molar-refractivity contribution in [1.82, 2.24) is 19.5 Å². The first-order chi connectivity index (χ1) is 12.1. The summed E-state index contributed by atoms with van der Waals surface area (Å²) in [6, 6.07) is 6.86. The van der Waals surface area contributed by atoms with Gasteiger partial charge in [-0.1, -0.05) is 0 Å². The number of hydrogen-bond donors (Lipinski definition) is 0. The number of piperazine rings is 1. The second-order valence-corrected chi connectivity index (χ2v) is 5.89. The van der Waals surface area contributed by atoms with Crippen LogP contribution in [-0.4, -0.2) is 45.0 Å². The number of nitrogens with zero attached hydrogens (tertiary/aromatic N) is 5. The van der Waals surface area contributed by atoms with Gasteiger partial charge < -0.3 is 9.80 Å². The second kappa shape index (κ2) is 6.12. The number of fused-ring (bicyclic) bond motifs is 1. The maximum Gasteiger partial charge on any atom is 0.242 e. The fourth-order valence-electron chi connectivity index (χ4n) is 2.92. The maximum atomic E-state index is 13.8. The number of halogens is 2. The van der Waals surface area contributed by atoms with Crippen molar-refractivity contribution in [3.63, 3.8) is 0 Å². The van der Waals surface area contributed by atoms with Gasteiger partial charge in [-0.15, -0.1) is 0 Å².